The van der Waals surface area contributed by atoms with Gasteiger partial charge in [-0.05, 0) is 47.7 Å². The van der Waals surface area contributed by atoms with Gasteiger partial charge in [-0.2, -0.15) is 0 Å². The number of aliphatic hydroxyl groups is 1. The van der Waals surface area contributed by atoms with E-state index in [2.05, 4.69) is 20.7 Å². The summed E-state index contributed by atoms with van der Waals surface area (Å²) in [6.07, 6.45) is 2.25. The van der Waals surface area contributed by atoms with E-state index in [1.54, 1.807) is 13.0 Å². The molecule has 1 aromatic rings. The molecule has 1 saturated carbocycles. The van der Waals surface area contributed by atoms with Gasteiger partial charge in [0.25, 0.3) is 0 Å². The van der Waals surface area contributed by atoms with Crippen molar-refractivity contribution in [3.8, 4) is 0 Å². The van der Waals surface area contributed by atoms with Crippen LogP contribution in [0.15, 0.2) is 14.7 Å². The minimum absolute atomic E-state index is 0.0437. The van der Waals surface area contributed by atoms with Crippen LogP contribution in [0.1, 0.15) is 24.1 Å². The summed E-state index contributed by atoms with van der Waals surface area (Å²) < 4.78 is 27.7. The lowest BCUT2D eigenvalue weighted by atomic mass is 10.1. The molecule has 2 N–H and O–H groups in total. The number of thiophene rings is 1. The van der Waals surface area contributed by atoms with Crippen LogP contribution in [0, 0.1) is 12.8 Å². The Hall–Kier alpha value is 0.0500. The van der Waals surface area contributed by atoms with Gasteiger partial charge in [-0.15, -0.1) is 11.3 Å². The van der Waals surface area contributed by atoms with Crippen molar-refractivity contribution in [1.82, 2.24) is 4.72 Å². The zero-order valence-corrected chi connectivity index (χ0v) is 13.2. The van der Waals surface area contributed by atoms with Crippen LogP contribution < -0.4 is 4.72 Å². The summed E-state index contributed by atoms with van der Waals surface area (Å²) in [7, 11) is -3.46. The predicted octanol–water partition coefficient (Wildman–Crippen LogP) is 2.26. The number of aliphatic hydroxyl groups excluding tert-OH is 1. The number of nitrogens with one attached hydrogen (secondary N) is 1. The quantitative estimate of drug-likeness (QED) is 0.872. The largest absolute Gasteiger partial charge is 0.393 e. The van der Waals surface area contributed by atoms with E-state index in [4.69, 9.17) is 0 Å². The van der Waals surface area contributed by atoms with Crippen LogP contribution in [0.2, 0.25) is 0 Å². The van der Waals surface area contributed by atoms with Crippen LogP contribution in [-0.2, 0) is 10.0 Å². The fraction of sp³-hybridized carbons (Fsp3) is 0.636. The molecule has 0 bridgehead atoms. The van der Waals surface area contributed by atoms with Crippen LogP contribution in [-0.4, -0.2) is 26.2 Å². The molecule has 1 fully saturated rings. The van der Waals surface area contributed by atoms with Crippen molar-refractivity contribution < 1.29 is 13.5 Å². The van der Waals surface area contributed by atoms with E-state index in [1.807, 2.05) is 0 Å². The summed E-state index contributed by atoms with van der Waals surface area (Å²) in [5.74, 6) is 0.0437. The maximum Gasteiger partial charge on any atom is 0.241 e. The van der Waals surface area contributed by atoms with Crippen LogP contribution in [0.4, 0.5) is 0 Å². The van der Waals surface area contributed by atoms with Gasteiger partial charge in [0, 0.05) is 11.4 Å². The Bertz CT molecular complexity index is 526. The number of hydrogen-bond donors (Lipinski definition) is 2. The molecule has 0 aliphatic heterocycles. The predicted molar refractivity (Wildman–Crippen MR) is 75.3 cm³/mol. The Morgan fingerprint density at radius 1 is 1.56 bits per heavy atom. The second kappa shape index (κ2) is 5.58. The van der Waals surface area contributed by atoms with E-state index < -0.39 is 10.0 Å². The standard InChI is InChI=1S/C11H16BrNO3S2/c1-7-10(5-11(12)17-7)18(15,16)13-6-8-3-2-4-9(8)14/h5,8-9,13-14H,2-4,6H2,1H3. The monoisotopic (exact) mass is 353 g/mol. The highest BCUT2D eigenvalue weighted by Crippen LogP contribution is 2.30. The highest BCUT2D eigenvalue weighted by molar-refractivity contribution is 9.11. The normalized spacial score (nSPS) is 24.6. The zero-order valence-electron chi connectivity index (χ0n) is 10.0. The third-order valence-corrected chi connectivity index (χ3v) is 6.52. The van der Waals surface area contributed by atoms with E-state index in [0.29, 0.717) is 11.4 Å². The first-order valence-electron chi connectivity index (χ1n) is 5.84. The lowest BCUT2D eigenvalue weighted by Crippen LogP contribution is -2.32. The SMILES string of the molecule is Cc1sc(Br)cc1S(=O)(=O)NCC1CCCC1O. The number of halogens is 1. The topological polar surface area (TPSA) is 66.4 Å². The Morgan fingerprint density at radius 2 is 2.28 bits per heavy atom. The molecule has 7 heteroatoms. The number of sulfonamides is 1. The fourth-order valence-electron chi connectivity index (χ4n) is 2.25. The van der Waals surface area contributed by atoms with Gasteiger partial charge in [0.2, 0.25) is 10.0 Å². The molecule has 2 rings (SSSR count). The van der Waals surface area contributed by atoms with Gasteiger partial charge < -0.3 is 5.11 Å². The molecule has 0 spiro atoms. The molecule has 1 aromatic heterocycles. The van der Waals surface area contributed by atoms with E-state index in [0.717, 1.165) is 27.9 Å². The van der Waals surface area contributed by atoms with E-state index >= 15 is 0 Å². The molecular weight excluding hydrogens is 338 g/mol. The van der Waals surface area contributed by atoms with Crippen molar-refractivity contribution in [3.63, 3.8) is 0 Å². The second-order valence-electron chi connectivity index (χ2n) is 4.58. The summed E-state index contributed by atoms with van der Waals surface area (Å²) in [6.45, 7) is 2.10. The van der Waals surface area contributed by atoms with E-state index in [9.17, 15) is 13.5 Å². The molecule has 18 heavy (non-hydrogen) atoms. The highest BCUT2D eigenvalue weighted by Gasteiger charge is 2.27. The first kappa shape index (κ1) is 14.5. The fourth-order valence-corrected chi connectivity index (χ4v) is 5.75. The Labute approximate surface area is 120 Å². The van der Waals surface area contributed by atoms with Gasteiger partial charge >= 0.3 is 0 Å². The third-order valence-electron chi connectivity index (χ3n) is 3.29. The molecule has 0 radical (unpaired) electrons. The van der Waals surface area contributed by atoms with Crippen LogP contribution in [0.25, 0.3) is 0 Å². The maximum absolute atomic E-state index is 12.1. The third kappa shape index (κ3) is 3.14. The van der Waals surface area contributed by atoms with Crippen molar-refractivity contribution in [1.29, 1.82) is 0 Å². The van der Waals surface area contributed by atoms with Gasteiger partial charge in [0.15, 0.2) is 0 Å². The zero-order chi connectivity index (χ0) is 13.3. The molecule has 0 amide bonds. The molecule has 4 nitrogen and oxygen atoms in total. The van der Waals surface area contributed by atoms with Gasteiger partial charge in [-0.3, -0.25) is 0 Å². The lowest BCUT2D eigenvalue weighted by Gasteiger charge is -2.15. The van der Waals surface area contributed by atoms with Crippen molar-refractivity contribution >= 4 is 37.3 Å². The van der Waals surface area contributed by atoms with Gasteiger partial charge in [-0.1, -0.05) is 6.42 Å². The Kier molecular flexibility index (Phi) is 4.48. The van der Waals surface area contributed by atoms with Crippen LogP contribution in [0.3, 0.4) is 0 Å². The number of rotatable bonds is 4. The number of aryl methyl sites for hydroxylation is 1. The van der Waals surface area contributed by atoms with Crippen LogP contribution in [0.5, 0.6) is 0 Å². The molecule has 2 atom stereocenters. The average Bonchev–Trinajstić information content (AvgIpc) is 2.82. The maximum atomic E-state index is 12.1. The van der Waals surface area contributed by atoms with Crippen molar-refractivity contribution in [2.45, 2.75) is 37.2 Å². The Balaban J connectivity index is 2.06. The van der Waals surface area contributed by atoms with Gasteiger partial charge in [0.1, 0.15) is 0 Å². The Morgan fingerprint density at radius 3 is 2.78 bits per heavy atom. The summed E-state index contributed by atoms with van der Waals surface area (Å²) in [6, 6.07) is 1.62. The first-order valence-corrected chi connectivity index (χ1v) is 8.93. The molecule has 0 saturated heterocycles. The van der Waals surface area contributed by atoms with Crippen molar-refractivity contribution in [3.05, 3.63) is 14.7 Å². The smallest absolute Gasteiger partial charge is 0.241 e. The summed E-state index contributed by atoms with van der Waals surface area (Å²) in [4.78, 5) is 1.09. The summed E-state index contributed by atoms with van der Waals surface area (Å²) >= 11 is 4.69. The van der Waals surface area contributed by atoms with Crippen molar-refractivity contribution in [2.24, 2.45) is 5.92 Å². The summed E-state index contributed by atoms with van der Waals surface area (Å²) in [5.41, 5.74) is 0. The molecule has 0 aromatic carbocycles. The van der Waals surface area contributed by atoms with Gasteiger partial charge in [-0.25, -0.2) is 13.1 Å². The second-order valence-corrected chi connectivity index (χ2v) is 8.95. The lowest BCUT2D eigenvalue weighted by molar-refractivity contribution is 0.134. The average molecular weight is 354 g/mol. The van der Waals surface area contributed by atoms with E-state index in [-0.39, 0.29) is 12.0 Å². The van der Waals surface area contributed by atoms with Crippen molar-refractivity contribution in [2.75, 3.05) is 6.54 Å². The molecular formula is C11H16BrNO3S2. The number of hydrogen-bond acceptors (Lipinski definition) is 4. The highest BCUT2D eigenvalue weighted by atomic mass is 79.9. The molecule has 1 aliphatic carbocycles. The first-order chi connectivity index (χ1) is 8.40. The molecule has 1 aliphatic rings. The molecule has 102 valence electrons. The summed E-state index contributed by atoms with van der Waals surface area (Å²) in [5, 5.41) is 9.67. The minimum atomic E-state index is -3.46. The van der Waals surface area contributed by atoms with Gasteiger partial charge in [0.05, 0.1) is 14.8 Å². The minimum Gasteiger partial charge on any atom is -0.393 e. The van der Waals surface area contributed by atoms with E-state index in [1.165, 1.54) is 11.3 Å². The van der Waals surface area contributed by atoms with Crippen LogP contribution >= 0.6 is 27.3 Å². The molecule has 2 unspecified atom stereocenters. The molecule has 1 heterocycles.